The van der Waals surface area contributed by atoms with Crippen molar-refractivity contribution < 1.29 is 14.6 Å². The van der Waals surface area contributed by atoms with Crippen molar-refractivity contribution in [2.24, 2.45) is 5.92 Å². The molecule has 2 aliphatic heterocycles. The van der Waals surface area contributed by atoms with Gasteiger partial charge < -0.3 is 20.1 Å². The molecule has 0 aromatic carbocycles. The predicted molar refractivity (Wildman–Crippen MR) is 103 cm³/mol. The van der Waals surface area contributed by atoms with E-state index in [2.05, 4.69) is 21.5 Å². The van der Waals surface area contributed by atoms with Crippen LogP contribution >= 0.6 is 0 Å². The number of likely N-dealkylation sites (N-methyl/N-ethyl adjacent to an activating group) is 1. The third kappa shape index (κ3) is 3.74. The first-order valence-electron chi connectivity index (χ1n) is 10.3. The minimum Gasteiger partial charge on any atom is -0.381 e. The van der Waals surface area contributed by atoms with E-state index in [4.69, 9.17) is 9.84 Å². The Morgan fingerprint density at radius 2 is 2.17 bits per heavy atom. The highest BCUT2D eigenvalue weighted by Crippen LogP contribution is 2.41. The summed E-state index contributed by atoms with van der Waals surface area (Å²) >= 11 is 0. The molecule has 2 unspecified atom stereocenters. The first-order valence-corrected chi connectivity index (χ1v) is 10.3. The summed E-state index contributed by atoms with van der Waals surface area (Å²) in [5.74, 6) is 1.61. The second-order valence-corrected chi connectivity index (χ2v) is 8.34. The van der Waals surface area contributed by atoms with Gasteiger partial charge >= 0.3 is 0 Å². The zero-order valence-corrected chi connectivity index (χ0v) is 16.6. The molecule has 29 heavy (non-hydrogen) atoms. The zero-order valence-electron chi connectivity index (χ0n) is 16.6. The first kappa shape index (κ1) is 18.6. The minimum atomic E-state index is -0.846. The Bertz CT molecular complexity index is 884. The van der Waals surface area contributed by atoms with E-state index in [1.807, 2.05) is 11.7 Å². The molecule has 3 atom stereocenters. The topological polar surface area (TPSA) is 110 Å². The third-order valence-electron chi connectivity index (χ3n) is 6.07. The average Bonchev–Trinajstić information content (AvgIpc) is 3.11. The van der Waals surface area contributed by atoms with Crippen molar-refractivity contribution in [3.05, 3.63) is 23.9 Å². The molecular formula is C19H27N7O3. The van der Waals surface area contributed by atoms with Crippen LogP contribution in [-0.4, -0.2) is 68.1 Å². The Kier molecular flexibility index (Phi) is 4.75. The molecule has 2 fully saturated rings. The number of carbonyl (C=O) groups is 1. The molecule has 1 saturated heterocycles. The van der Waals surface area contributed by atoms with Gasteiger partial charge in [0.25, 0.3) is 5.91 Å². The number of nitrogens with one attached hydrogen (secondary N) is 1. The molecule has 2 aromatic rings. The maximum absolute atomic E-state index is 12.7. The molecular weight excluding hydrogens is 374 g/mol. The Balaban J connectivity index is 1.23. The number of aromatic nitrogens is 5. The molecule has 1 aliphatic carbocycles. The van der Waals surface area contributed by atoms with Gasteiger partial charge in [0.05, 0.1) is 18.3 Å². The van der Waals surface area contributed by atoms with E-state index in [9.17, 15) is 9.90 Å². The number of hydrogen-bond acceptors (Lipinski definition) is 7. The summed E-state index contributed by atoms with van der Waals surface area (Å²) in [6.45, 7) is 2.83. The predicted octanol–water partition coefficient (Wildman–Crippen LogP) is 0.345. The quantitative estimate of drug-likeness (QED) is 0.744. The van der Waals surface area contributed by atoms with Crippen LogP contribution in [0.5, 0.6) is 0 Å². The van der Waals surface area contributed by atoms with E-state index in [0.29, 0.717) is 31.3 Å². The molecule has 2 N–H and O–H groups in total. The summed E-state index contributed by atoms with van der Waals surface area (Å²) in [5, 5.41) is 22.7. The lowest BCUT2D eigenvalue weighted by molar-refractivity contribution is 0.0818. The van der Waals surface area contributed by atoms with Crippen molar-refractivity contribution in [2.75, 3.05) is 25.2 Å². The summed E-state index contributed by atoms with van der Waals surface area (Å²) in [5.41, 5.74) is 1.10. The molecule has 10 heteroatoms. The van der Waals surface area contributed by atoms with Crippen molar-refractivity contribution in [3.8, 4) is 0 Å². The van der Waals surface area contributed by atoms with Gasteiger partial charge in [-0.2, -0.15) is 5.10 Å². The van der Waals surface area contributed by atoms with Gasteiger partial charge in [-0.05, 0) is 25.7 Å². The van der Waals surface area contributed by atoms with Crippen LogP contribution < -0.4 is 10.2 Å². The average molecular weight is 401 g/mol. The molecule has 3 aliphatic rings. The molecule has 156 valence electrons. The fraction of sp³-hybridized carbons (Fsp3) is 0.684. The summed E-state index contributed by atoms with van der Waals surface area (Å²) in [6, 6.07) is 1.62. The number of fused-ring (bicyclic) bond motifs is 1. The molecule has 4 heterocycles. The molecule has 2 aromatic heterocycles. The maximum atomic E-state index is 12.7. The number of aryl methyl sites for hydroxylation is 1. The van der Waals surface area contributed by atoms with E-state index >= 15 is 0 Å². The van der Waals surface area contributed by atoms with Crippen LogP contribution in [0, 0.1) is 5.92 Å². The normalized spacial score (nSPS) is 27.0. The monoisotopic (exact) mass is 401 g/mol. The van der Waals surface area contributed by atoms with Gasteiger partial charge in [-0.3, -0.25) is 9.48 Å². The van der Waals surface area contributed by atoms with E-state index in [-0.39, 0.29) is 11.7 Å². The summed E-state index contributed by atoms with van der Waals surface area (Å²) in [6.07, 6.45) is 4.69. The Hall–Kier alpha value is -2.46. The van der Waals surface area contributed by atoms with Crippen LogP contribution in [0.15, 0.2) is 12.4 Å². The van der Waals surface area contributed by atoms with Gasteiger partial charge in [-0.1, -0.05) is 0 Å². The highest BCUT2D eigenvalue weighted by molar-refractivity contribution is 5.90. The minimum absolute atomic E-state index is 0.122. The number of aliphatic hydroxyl groups excluding tert-OH is 1. The second-order valence-electron chi connectivity index (χ2n) is 8.34. The number of ether oxygens (including phenoxy) is 1. The smallest absolute Gasteiger partial charge is 0.291 e. The number of nitrogens with zero attached hydrogens (tertiary/aromatic N) is 6. The van der Waals surface area contributed by atoms with Crippen LogP contribution in [0.1, 0.15) is 47.9 Å². The van der Waals surface area contributed by atoms with E-state index in [1.165, 1.54) is 12.8 Å². The van der Waals surface area contributed by atoms with Gasteiger partial charge in [0.2, 0.25) is 5.82 Å². The fourth-order valence-electron chi connectivity index (χ4n) is 4.13. The molecule has 1 saturated carbocycles. The standard InChI is InChI=1S/C19H27N7O3/c1-24-16-8-15(13-2-3-13)22-26(16)6-4-14(19(24)28)21-18(27)17-20-11-25(23-17)9-12-5-7-29-10-12/h8,11-14,19,28H,2-7,9-10H2,1H3,(H,21,27)/t12?,14-,19?/m0/s1. The Morgan fingerprint density at radius 3 is 2.93 bits per heavy atom. The molecule has 0 radical (unpaired) electrons. The lowest BCUT2D eigenvalue weighted by Crippen LogP contribution is -2.50. The fourth-order valence-corrected chi connectivity index (χ4v) is 4.13. The Labute approximate surface area is 168 Å². The molecule has 0 spiro atoms. The van der Waals surface area contributed by atoms with Gasteiger partial charge in [0.15, 0.2) is 0 Å². The van der Waals surface area contributed by atoms with E-state index < -0.39 is 12.3 Å². The lowest BCUT2D eigenvalue weighted by Gasteiger charge is -2.28. The molecule has 1 amide bonds. The largest absolute Gasteiger partial charge is 0.381 e. The molecule has 5 rings (SSSR count). The number of hydrogen-bond donors (Lipinski definition) is 2. The molecule has 10 nitrogen and oxygen atoms in total. The lowest BCUT2D eigenvalue weighted by atomic mass is 10.1. The van der Waals surface area contributed by atoms with Gasteiger partial charge in [0, 0.05) is 44.6 Å². The highest BCUT2D eigenvalue weighted by atomic mass is 16.5. The zero-order chi connectivity index (χ0) is 20.0. The van der Waals surface area contributed by atoms with Crippen LogP contribution in [0.4, 0.5) is 5.82 Å². The van der Waals surface area contributed by atoms with Crippen molar-refractivity contribution in [1.82, 2.24) is 29.9 Å². The summed E-state index contributed by atoms with van der Waals surface area (Å²) in [7, 11) is 1.83. The van der Waals surface area contributed by atoms with E-state index in [1.54, 1.807) is 15.9 Å². The SMILES string of the molecule is CN1c2cc(C3CC3)nn2CC[C@H](NC(=O)c2ncn(CC3CCOC3)n2)C1O. The number of rotatable bonds is 5. The van der Waals surface area contributed by atoms with Gasteiger partial charge in [-0.25, -0.2) is 9.67 Å². The highest BCUT2D eigenvalue weighted by Gasteiger charge is 2.34. The number of carbonyl (C=O) groups excluding carboxylic acids is 1. The second kappa shape index (κ2) is 7.42. The number of aliphatic hydroxyl groups is 1. The van der Waals surface area contributed by atoms with Crippen LogP contribution in [0.2, 0.25) is 0 Å². The van der Waals surface area contributed by atoms with Gasteiger partial charge in [0.1, 0.15) is 18.4 Å². The summed E-state index contributed by atoms with van der Waals surface area (Å²) in [4.78, 5) is 18.6. The van der Waals surface area contributed by atoms with Crippen molar-refractivity contribution in [2.45, 2.75) is 57.0 Å². The first-order chi connectivity index (χ1) is 14.1. The maximum Gasteiger partial charge on any atom is 0.291 e. The summed E-state index contributed by atoms with van der Waals surface area (Å²) < 4.78 is 9.00. The Morgan fingerprint density at radius 1 is 1.31 bits per heavy atom. The van der Waals surface area contributed by atoms with Crippen LogP contribution in [0.3, 0.4) is 0 Å². The van der Waals surface area contributed by atoms with Crippen molar-refractivity contribution in [1.29, 1.82) is 0 Å². The number of amides is 1. The van der Waals surface area contributed by atoms with Gasteiger partial charge in [-0.15, -0.1) is 5.10 Å². The molecule has 0 bridgehead atoms. The van der Waals surface area contributed by atoms with Crippen LogP contribution in [-0.2, 0) is 17.8 Å². The number of anilines is 1. The van der Waals surface area contributed by atoms with Crippen molar-refractivity contribution >= 4 is 11.7 Å². The van der Waals surface area contributed by atoms with Crippen LogP contribution in [0.25, 0.3) is 0 Å². The third-order valence-corrected chi connectivity index (χ3v) is 6.07. The van der Waals surface area contributed by atoms with Crippen molar-refractivity contribution in [3.63, 3.8) is 0 Å². The van der Waals surface area contributed by atoms with E-state index in [0.717, 1.165) is 31.1 Å².